The molecule has 3 aliphatic rings. The van der Waals surface area contributed by atoms with E-state index in [1.54, 1.807) is 0 Å². The minimum absolute atomic E-state index is 0.127. The normalized spacial score (nSPS) is 21.9. The molecule has 0 N–H and O–H groups in total. The Bertz CT molecular complexity index is 1330. The number of ether oxygens (including phenoxy) is 2. The number of esters is 1. The Morgan fingerprint density at radius 1 is 1.19 bits per heavy atom. The third-order valence-corrected chi connectivity index (χ3v) is 6.69. The van der Waals surface area contributed by atoms with Gasteiger partial charge < -0.3 is 14.4 Å². The summed E-state index contributed by atoms with van der Waals surface area (Å²) in [6.07, 6.45) is -3.47. The molecule has 2 aromatic rings. The van der Waals surface area contributed by atoms with Crippen molar-refractivity contribution in [2.75, 3.05) is 23.0 Å². The molecule has 1 aliphatic carbocycles. The van der Waals surface area contributed by atoms with Crippen molar-refractivity contribution in [1.29, 1.82) is 5.26 Å². The molecule has 2 saturated heterocycles. The van der Waals surface area contributed by atoms with Gasteiger partial charge in [-0.2, -0.15) is 18.4 Å². The molecule has 1 atom stereocenters. The first kappa shape index (κ1) is 24.1. The lowest BCUT2D eigenvalue weighted by molar-refractivity contribution is -0.137. The van der Waals surface area contributed by atoms with E-state index < -0.39 is 40.5 Å². The third kappa shape index (κ3) is 3.88. The molecule has 1 unspecified atom stereocenters. The molecule has 7 nitrogen and oxygen atoms in total. The van der Waals surface area contributed by atoms with E-state index in [1.807, 2.05) is 0 Å². The van der Waals surface area contributed by atoms with E-state index in [9.17, 15) is 27.2 Å². The maximum Gasteiger partial charge on any atom is 0.417 e. The Balaban J connectivity index is 1.55. The summed E-state index contributed by atoms with van der Waals surface area (Å²) in [7, 11) is 0. The van der Waals surface area contributed by atoms with Crippen LogP contribution in [-0.4, -0.2) is 41.8 Å². The van der Waals surface area contributed by atoms with Gasteiger partial charge in [0, 0.05) is 18.7 Å². The molecular formula is C24H17F4N3O4S. The molecule has 1 saturated carbocycles. The molecule has 0 bridgehead atoms. The Labute approximate surface area is 207 Å². The summed E-state index contributed by atoms with van der Waals surface area (Å²) in [5, 5.41) is 8.91. The van der Waals surface area contributed by atoms with E-state index in [1.165, 1.54) is 29.2 Å². The van der Waals surface area contributed by atoms with Crippen LogP contribution in [0.2, 0.25) is 0 Å². The van der Waals surface area contributed by atoms with Crippen LogP contribution in [0.1, 0.15) is 40.7 Å². The van der Waals surface area contributed by atoms with E-state index >= 15 is 0 Å². The van der Waals surface area contributed by atoms with Crippen molar-refractivity contribution < 1.29 is 36.6 Å². The highest BCUT2D eigenvalue weighted by atomic mass is 32.1. The standard InChI is InChI=1S/C24H17F4N3O4S/c25-19-10-15(3-6-17(19)20(32)35-16-4-5-16)31-22(36)30(21(33)23(31)7-8-34-12-23)14-2-1-13(11-29)18(9-14)24(26,27)28/h1-3,6,9-10,16H,4-5,7-8,12H2. The smallest absolute Gasteiger partial charge is 0.417 e. The van der Waals surface area contributed by atoms with Gasteiger partial charge in [-0.15, -0.1) is 0 Å². The van der Waals surface area contributed by atoms with Crippen LogP contribution >= 0.6 is 12.2 Å². The first-order valence-corrected chi connectivity index (χ1v) is 11.4. The molecule has 2 aromatic carbocycles. The minimum atomic E-state index is -4.84. The van der Waals surface area contributed by atoms with Gasteiger partial charge in [-0.1, -0.05) is 0 Å². The van der Waals surface area contributed by atoms with Crippen LogP contribution in [-0.2, 0) is 20.4 Å². The van der Waals surface area contributed by atoms with Gasteiger partial charge in [0.1, 0.15) is 11.9 Å². The average molecular weight is 519 g/mol. The third-order valence-electron chi connectivity index (χ3n) is 6.33. The zero-order valence-electron chi connectivity index (χ0n) is 18.5. The first-order chi connectivity index (χ1) is 17.1. The lowest BCUT2D eigenvalue weighted by Gasteiger charge is -2.31. The summed E-state index contributed by atoms with van der Waals surface area (Å²) < 4.78 is 66.2. The monoisotopic (exact) mass is 519 g/mol. The summed E-state index contributed by atoms with van der Waals surface area (Å²) in [6, 6.07) is 8.00. The molecule has 0 aromatic heterocycles. The van der Waals surface area contributed by atoms with E-state index in [0.717, 1.165) is 29.9 Å². The highest BCUT2D eigenvalue weighted by molar-refractivity contribution is 7.81. The molecule has 186 valence electrons. The van der Waals surface area contributed by atoms with E-state index in [0.29, 0.717) is 6.07 Å². The van der Waals surface area contributed by atoms with Crippen LogP contribution in [0.25, 0.3) is 0 Å². The number of amides is 1. The van der Waals surface area contributed by atoms with Gasteiger partial charge in [-0.05, 0) is 61.5 Å². The number of nitrogens with zero attached hydrogens (tertiary/aromatic N) is 3. The van der Waals surface area contributed by atoms with E-state index in [2.05, 4.69) is 0 Å². The topological polar surface area (TPSA) is 82.9 Å². The highest BCUT2D eigenvalue weighted by Crippen LogP contribution is 2.43. The number of hydrogen-bond acceptors (Lipinski definition) is 6. The van der Waals surface area contributed by atoms with Crippen LogP contribution in [0.5, 0.6) is 0 Å². The predicted molar refractivity (Wildman–Crippen MR) is 122 cm³/mol. The minimum Gasteiger partial charge on any atom is -0.459 e. The SMILES string of the molecule is N#Cc1ccc(N2C(=O)C3(CCOC3)N(c3ccc(C(=O)OC4CC4)c(F)c3)C2=S)cc1C(F)(F)F. The van der Waals surface area contributed by atoms with Gasteiger partial charge in [0.05, 0.1) is 35.1 Å². The molecule has 3 fully saturated rings. The van der Waals surface area contributed by atoms with Gasteiger partial charge >= 0.3 is 12.1 Å². The fourth-order valence-electron chi connectivity index (χ4n) is 4.37. The van der Waals surface area contributed by atoms with Gasteiger partial charge in [-0.25, -0.2) is 9.18 Å². The Morgan fingerprint density at radius 3 is 2.50 bits per heavy atom. The molecule has 0 radical (unpaired) electrons. The second-order valence-corrected chi connectivity index (χ2v) is 9.07. The molecule has 2 aliphatic heterocycles. The summed E-state index contributed by atoms with van der Waals surface area (Å²) in [4.78, 5) is 28.1. The number of anilines is 2. The number of carbonyl (C=O) groups excluding carboxylic acids is 2. The van der Waals surface area contributed by atoms with Crippen LogP contribution in [0.15, 0.2) is 36.4 Å². The van der Waals surface area contributed by atoms with Crippen molar-refractivity contribution in [1.82, 2.24) is 0 Å². The average Bonchev–Trinajstić information content (AvgIpc) is 3.45. The van der Waals surface area contributed by atoms with Crippen LogP contribution in [0, 0.1) is 17.1 Å². The maximum atomic E-state index is 15.0. The first-order valence-electron chi connectivity index (χ1n) is 11.0. The predicted octanol–water partition coefficient (Wildman–Crippen LogP) is 4.33. The summed E-state index contributed by atoms with van der Waals surface area (Å²) >= 11 is 5.52. The summed E-state index contributed by atoms with van der Waals surface area (Å²) in [5.74, 6) is -2.33. The largest absolute Gasteiger partial charge is 0.459 e. The number of hydrogen-bond donors (Lipinski definition) is 0. The second kappa shape index (κ2) is 8.53. The number of halogens is 4. The lowest BCUT2D eigenvalue weighted by atomic mass is 9.95. The van der Waals surface area contributed by atoms with Gasteiger partial charge in [-0.3, -0.25) is 9.69 Å². The zero-order chi connectivity index (χ0) is 25.8. The fourth-order valence-corrected chi connectivity index (χ4v) is 4.84. The van der Waals surface area contributed by atoms with Crippen molar-refractivity contribution in [3.8, 4) is 6.07 Å². The van der Waals surface area contributed by atoms with Gasteiger partial charge in [0.25, 0.3) is 5.91 Å². The summed E-state index contributed by atoms with van der Waals surface area (Å²) in [6.45, 7) is 0.0477. The van der Waals surface area contributed by atoms with Crippen molar-refractivity contribution >= 4 is 40.6 Å². The lowest BCUT2D eigenvalue weighted by Crippen LogP contribution is -2.50. The Hall–Kier alpha value is -3.56. The molecule has 36 heavy (non-hydrogen) atoms. The molecule has 5 rings (SSSR count). The van der Waals surface area contributed by atoms with E-state index in [-0.39, 0.29) is 47.8 Å². The number of alkyl halides is 3. The van der Waals surface area contributed by atoms with Crippen LogP contribution in [0.4, 0.5) is 28.9 Å². The van der Waals surface area contributed by atoms with Gasteiger partial charge in [0.15, 0.2) is 10.7 Å². The fraction of sp³-hybridized carbons (Fsp3) is 0.333. The zero-order valence-corrected chi connectivity index (χ0v) is 19.3. The van der Waals surface area contributed by atoms with E-state index in [4.69, 9.17) is 27.0 Å². The number of benzene rings is 2. The van der Waals surface area contributed by atoms with Gasteiger partial charge in [0.2, 0.25) is 0 Å². The van der Waals surface area contributed by atoms with Crippen LogP contribution < -0.4 is 9.80 Å². The van der Waals surface area contributed by atoms with Crippen molar-refractivity contribution in [2.24, 2.45) is 0 Å². The Kier molecular flexibility index (Phi) is 5.72. The van der Waals surface area contributed by atoms with Crippen molar-refractivity contribution in [2.45, 2.75) is 37.1 Å². The van der Waals surface area contributed by atoms with Crippen molar-refractivity contribution in [3.63, 3.8) is 0 Å². The highest BCUT2D eigenvalue weighted by Gasteiger charge is 2.58. The quantitative estimate of drug-likeness (QED) is 0.338. The Morgan fingerprint density at radius 2 is 1.92 bits per heavy atom. The number of nitriles is 1. The molecule has 1 spiro atoms. The molecule has 1 amide bonds. The molecular weight excluding hydrogens is 502 g/mol. The molecule has 12 heteroatoms. The molecule has 2 heterocycles. The second-order valence-electron chi connectivity index (χ2n) is 8.70. The number of carbonyl (C=O) groups is 2. The maximum absolute atomic E-state index is 15.0. The van der Waals surface area contributed by atoms with Crippen molar-refractivity contribution in [3.05, 3.63) is 58.9 Å². The number of rotatable bonds is 4. The van der Waals surface area contributed by atoms with Crippen LogP contribution in [0.3, 0.4) is 0 Å². The summed E-state index contributed by atoms with van der Waals surface area (Å²) in [5.41, 5.74) is -3.56. The number of thiocarbonyl (C=S) groups is 1.